The Balaban J connectivity index is 2.00. The summed E-state index contributed by atoms with van der Waals surface area (Å²) >= 11 is 0. The van der Waals surface area contributed by atoms with Gasteiger partial charge in [-0.3, -0.25) is 0 Å². The molecule has 0 unspecified atom stereocenters. The van der Waals surface area contributed by atoms with Gasteiger partial charge in [0.05, 0.1) is 5.75 Å². The molecule has 2 rings (SSSR count). The van der Waals surface area contributed by atoms with Crippen molar-refractivity contribution in [1.82, 2.24) is 9.62 Å². The van der Waals surface area contributed by atoms with Crippen molar-refractivity contribution in [2.45, 2.75) is 38.1 Å². The number of sulfonamides is 1. The fourth-order valence-electron chi connectivity index (χ4n) is 2.18. The lowest BCUT2D eigenvalue weighted by atomic mass is 10.1. The topological polar surface area (TPSA) is 49.4 Å². The van der Waals surface area contributed by atoms with Crippen molar-refractivity contribution in [3.8, 4) is 0 Å². The second-order valence-corrected chi connectivity index (χ2v) is 8.02. The molecule has 0 saturated heterocycles. The number of likely N-dealkylation sites (N-methyl/N-ethyl adjacent to an activating group) is 1. The third kappa shape index (κ3) is 5.26. The zero-order valence-electron chi connectivity index (χ0n) is 12.8. The molecule has 1 saturated carbocycles. The van der Waals surface area contributed by atoms with E-state index in [-0.39, 0.29) is 5.75 Å². The zero-order valence-corrected chi connectivity index (χ0v) is 13.6. The van der Waals surface area contributed by atoms with Crippen LogP contribution in [0.2, 0.25) is 0 Å². The molecule has 1 aliphatic carbocycles. The largest absolute Gasteiger partial charge is 0.310 e. The summed E-state index contributed by atoms with van der Waals surface area (Å²) in [4.78, 5) is 0. The van der Waals surface area contributed by atoms with E-state index in [1.165, 1.54) is 17.1 Å². The fraction of sp³-hybridized carbons (Fsp3) is 0.500. The van der Waals surface area contributed by atoms with E-state index in [4.69, 9.17) is 0 Å². The molecular formula is C16H24N2O2S. The van der Waals surface area contributed by atoms with Crippen molar-refractivity contribution in [2.75, 3.05) is 13.6 Å². The third-order valence-corrected chi connectivity index (χ3v) is 5.26. The van der Waals surface area contributed by atoms with Gasteiger partial charge in [-0.25, -0.2) is 12.7 Å². The Morgan fingerprint density at radius 3 is 2.67 bits per heavy atom. The Hall–Kier alpha value is -1.17. The van der Waals surface area contributed by atoms with Crippen LogP contribution in [0.5, 0.6) is 0 Å². The van der Waals surface area contributed by atoms with E-state index >= 15 is 0 Å². The SMILES string of the molecule is C=C(C)CN(C)S(=O)(=O)Cc1cccc(CNC2CC2)c1. The number of benzene rings is 1. The maximum Gasteiger partial charge on any atom is 0.218 e. The minimum absolute atomic E-state index is 0.0358. The van der Waals surface area contributed by atoms with Crippen LogP contribution in [0.15, 0.2) is 36.4 Å². The Kier molecular flexibility index (Phi) is 5.19. The van der Waals surface area contributed by atoms with Crippen molar-refractivity contribution < 1.29 is 8.42 Å². The molecule has 21 heavy (non-hydrogen) atoms. The lowest BCUT2D eigenvalue weighted by Crippen LogP contribution is -2.29. The molecule has 1 aliphatic rings. The van der Waals surface area contributed by atoms with Crippen molar-refractivity contribution >= 4 is 10.0 Å². The third-order valence-electron chi connectivity index (χ3n) is 3.48. The second kappa shape index (κ2) is 6.73. The van der Waals surface area contributed by atoms with E-state index < -0.39 is 10.0 Å². The first kappa shape index (κ1) is 16.2. The average Bonchev–Trinajstić information content (AvgIpc) is 3.19. The normalized spacial score (nSPS) is 15.4. The van der Waals surface area contributed by atoms with Gasteiger partial charge in [0, 0.05) is 26.2 Å². The molecule has 0 amide bonds. The minimum atomic E-state index is -3.29. The molecule has 5 heteroatoms. The van der Waals surface area contributed by atoms with Gasteiger partial charge in [0.2, 0.25) is 10.0 Å². The maximum absolute atomic E-state index is 12.3. The summed E-state index contributed by atoms with van der Waals surface area (Å²) in [5, 5.41) is 3.44. The van der Waals surface area contributed by atoms with E-state index in [9.17, 15) is 8.42 Å². The van der Waals surface area contributed by atoms with Crippen LogP contribution in [0.4, 0.5) is 0 Å². The highest BCUT2D eigenvalue weighted by atomic mass is 32.2. The first-order chi connectivity index (χ1) is 9.87. The summed E-state index contributed by atoms with van der Waals surface area (Å²) in [6.07, 6.45) is 2.50. The van der Waals surface area contributed by atoms with E-state index in [0.29, 0.717) is 12.6 Å². The number of hydrogen-bond donors (Lipinski definition) is 1. The highest BCUT2D eigenvalue weighted by molar-refractivity contribution is 7.88. The zero-order chi connectivity index (χ0) is 15.5. The highest BCUT2D eigenvalue weighted by Gasteiger charge is 2.21. The molecule has 0 radical (unpaired) electrons. The lowest BCUT2D eigenvalue weighted by Gasteiger charge is -2.17. The van der Waals surface area contributed by atoms with Gasteiger partial charge >= 0.3 is 0 Å². The molecule has 0 aromatic heterocycles. The van der Waals surface area contributed by atoms with Crippen molar-refractivity contribution in [2.24, 2.45) is 0 Å². The fourth-order valence-corrected chi connectivity index (χ4v) is 3.42. The van der Waals surface area contributed by atoms with Crippen molar-refractivity contribution in [3.05, 3.63) is 47.5 Å². The van der Waals surface area contributed by atoms with Gasteiger partial charge in [0.15, 0.2) is 0 Å². The van der Waals surface area contributed by atoms with Gasteiger partial charge in [-0.05, 0) is 30.9 Å². The van der Waals surface area contributed by atoms with Crippen LogP contribution < -0.4 is 5.32 Å². The molecule has 0 bridgehead atoms. The summed E-state index contributed by atoms with van der Waals surface area (Å²) in [5.74, 6) is 0.0358. The van der Waals surface area contributed by atoms with Gasteiger partial charge in [0.25, 0.3) is 0 Å². The predicted molar refractivity (Wildman–Crippen MR) is 86.4 cm³/mol. The Morgan fingerprint density at radius 2 is 2.05 bits per heavy atom. The van der Waals surface area contributed by atoms with Gasteiger partial charge in [-0.1, -0.05) is 36.4 Å². The van der Waals surface area contributed by atoms with Crippen LogP contribution in [0, 0.1) is 0 Å². The molecule has 1 aromatic carbocycles. The van der Waals surface area contributed by atoms with Crippen molar-refractivity contribution in [1.29, 1.82) is 0 Å². The molecule has 0 heterocycles. The summed E-state index contributed by atoms with van der Waals surface area (Å²) in [7, 11) is -1.69. The van der Waals surface area contributed by atoms with Crippen LogP contribution in [0.25, 0.3) is 0 Å². The molecular weight excluding hydrogens is 284 g/mol. The van der Waals surface area contributed by atoms with Crippen LogP contribution in [-0.4, -0.2) is 32.4 Å². The lowest BCUT2D eigenvalue weighted by molar-refractivity contribution is 0.492. The van der Waals surface area contributed by atoms with Crippen LogP contribution >= 0.6 is 0 Å². The second-order valence-electron chi connectivity index (χ2n) is 5.94. The number of rotatable bonds is 8. The van der Waals surface area contributed by atoms with Crippen molar-refractivity contribution in [3.63, 3.8) is 0 Å². The number of nitrogens with zero attached hydrogens (tertiary/aromatic N) is 1. The monoisotopic (exact) mass is 308 g/mol. The van der Waals surface area contributed by atoms with Gasteiger partial charge in [-0.2, -0.15) is 0 Å². The minimum Gasteiger partial charge on any atom is -0.310 e. The molecule has 0 aliphatic heterocycles. The molecule has 1 fully saturated rings. The number of nitrogens with one attached hydrogen (secondary N) is 1. The Labute approximate surface area is 127 Å². The first-order valence-corrected chi connectivity index (χ1v) is 8.87. The van der Waals surface area contributed by atoms with Crippen LogP contribution in [-0.2, 0) is 22.3 Å². The van der Waals surface area contributed by atoms with E-state index in [2.05, 4.69) is 11.9 Å². The van der Waals surface area contributed by atoms with Gasteiger partial charge < -0.3 is 5.32 Å². The maximum atomic E-state index is 12.3. The molecule has 4 nitrogen and oxygen atoms in total. The smallest absolute Gasteiger partial charge is 0.218 e. The summed E-state index contributed by atoms with van der Waals surface area (Å²) in [6, 6.07) is 8.45. The Morgan fingerprint density at radius 1 is 1.38 bits per heavy atom. The van der Waals surface area contributed by atoms with E-state index in [1.54, 1.807) is 7.05 Å². The average molecular weight is 308 g/mol. The van der Waals surface area contributed by atoms with Crippen LogP contribution in [0.3, 0.4) is 0 Å². The van der Waals surface area contributed by atoms with E-state index in [1.807, 2.05) is 31.2 Å². The summed E-state index contributed by atoms with van der Waals surface area (Å²) < 4.78 is 25.9. The highest BCUT2D eigenvalue weighted by Crippen LogP contribution is 2.19. The molecule has 0 atom stereocenters. The summed E-state index contributed by atoms with van der Waals surface area (Å²) in [5.41, 5.74) is 2.80. The van der Waals surface area contributed by atoms with Crippen LogP contribution in [0.1, 0.15) is 30.9 Å². The molecule has 1 N–H and O–H groups in total. The molecule has 1 aromatic rings. The van der Waals surface area contributed by atoms with Gasteiger partial charge in [0.1, 0.15) is 0 Å². The predicted octanol–water partition coefficient (Wildman–Crippen LogP) is 2.28. The molecule has 116 valence electrons. The number of hydrogen-bond acceptors (Lipinski definition) is 3. The van der Waals surface area contributed by atoms with Gasteiger partial charge in [-0.15, -0.1) is 0 Å². The quantitative estimate of drug-likeness (QED) is 0.750. The first-order valence-electron chi connectivity index (χ1n) is 7.26. The van der Waals surface area contributed by atoms with E-state index in [0.717, 1.165) is 23.2 Å². The standard InChI is InChI=1S/C16H24N2O2S/c1-13(2)11-18(3)21(19,20)12-15-6-4-5-14(9-15)10-17-16-7-8-16/h4-6,9,16-17H,1,7-8,10-12H2,2-3H3. The summed E-state index contributed by atoms with van der Waals surface area (Å²) in [6.45, 7) is 6.76. The molecule has 0 spiro atoms. The Bertz CT molecular complexity index is 606.